The summed E-state index contributed by atoms with van der Waals surface area (Å²) in [5.41, 5.74) is 3.28. The molecule has 1 aromatic heterocycles. The summed E-state index contributed by atoms with van der Waals surface area (Å²) >= 11 is 6.17. The fraction of sp³-hybridized carbons (Fsp3) is 0.130. The van der Waals surface area contributed by atoms with E-state index in [0.29, 0.717) is 45.6 Å². The molecular formula is C23H19ClN2O4. The molecule has 1 amide bonds. The Hall–Kier alpha value is -3.51. The van der Waals surface area contributed by atoms with E-state index in [0.717, 1.165) is 11.3 Å². The first-order valence-electron chi connectivity index (χ1n) is 9.36. The first-order chi connectivity index (χ1) is 14.6. The number of ether oxygens (including phenoxy) is 2. The molecule has 0 saturated heterocycles. The van der Waals surface area contributed by atoms with Crippen LogP contribution in [-0.4, -0.2) is 24.6 Å². The molecule has 0 aliphatic carbocycles. The minimum absolute atomic E-state index is 0.262. The number of anilines is 1. The third-order valence-corrected chi connectivity index (χ3v) is 4.77. The number of benzene rings is 3. The van der Waals surface area contributed by atoms with Crippen molar-refractivity contribution in [1.29, 1.82) is 0 Å². The van der Waals surface area contributed by atoms with Gasteiger partial charge in [0.25, 0.3) is 5.91 Å². The topological polar surface area (TPSA) is 73.6 Å². The van der Waals surface area contributed by atoms with Crippen LogP contribution in [0.1, 0.15) is 17.3 Å². The number of hydrogen-bond acceptors (Lipinski definition) is 5. The minimum Gasteiger partial charge on any atom is -0.497 e. The number of carbonyl (C=O) groups is 1. The molecule has 4 rings (SSSR count). The number of carbonyl (C=O) groups excluding carboxylic acids is 1. The van der Waals surface area contributed by atoms with E-state index in [9.17, 15) is 4.79 Å². The van der Waals surface area contributed by atoms with Crippen molar-refractivity contribution in [1.82, 2.24) is 4.98 Å². The predicted molar refractivity (Wildman–Crippen MR) is 117 cm³/mol. The number of rotatable bonds is 6. The Morgan fingerprint density at radius 1 is 1.10 bits per heavy atom. The van der Waals surface area contributed by atoms with Gasteiger partial charge in [0.15, 0.2) is 5.58 Å². The third kappa shape index (κ3) is 4.09. The molecule has 0 spiro atoms. The molecule has 1 N–H and O–H groups in total. The van der Waals surface area contributed by atoms with Crippen molar-refractivity contribution < 1.29 is 18.7 Å². The Kier molecular flexibility index (Phi) is 5.59. The molecule has 0 saturated carbocycles. The van der Waals surface area contributed by atoms with Gasteiger partial charge in [0.05, 0.1) is 18.7 Å². The van der Waals surface area contributed by atoms with Crippen molar-refractivity contribution >= 4 is 34.3 Å². The number of amides is 1. The Balaban J connectivity index is 1.49. The summed E-state index contributed by atoms with van der Waals surface area (Å²) in [6.07, 6.45) is 0. The second kappa shape index (κ2) is 8.47. The van der Waals surface area contributed by atoms with Crippen LogP contribution in [0.3, 0.4) is 0 Å². The van der Waals surface area contributed by atoms with Crippen LogP contribution < -0.4 is 14.8 Å². The number of aromatic nitrogens is 1. The zero-order chi connectivity index (χ0) is 21.1. The number of oxazole rings is 1. The second-order valence-corrected chi connectivity index (χ2v) is 6.87. The molecule has 0 atom stereocenters. The van der Waals surface area contributed by atoms with Gasteiger partial charge in [0.1, 0.15) is 17.0 Å². The van der Waals surface area contributed by atoms with Gasteiger partial charge in [-0.25, -0.2) is 4.98 Å². The molecule has 0 fully saturated rings. The van der Waals surface area contributed by atoms with Crippen LogP contribution in [0.15, 0.2) is 65.1 Å². The molecule has 0 radical (unpaired) electrons. The summed E-state index contributed by atoms with van der Waals surface area (Å²) in [5, 5.41) is 3.25. The Morgan fingerprint density at radius 2 is 1.90 bits per heavy atom. The van der Waals surface area contributed by atoms with Crippen LogP contribution in [0, 0.1) is 0 Å². The molecule has 6 nitrogen and oxygen atoms in total. The van der Waals surface area contributed by atoms with Crippen LogP contribution in [-0.2, 0) is 0 Å². The van der Waals surface area contributed by atoms with Gasteiger partial charge in [-0.15, -0.1) is 0 Å². The van der Waals surface area contributed by atoms with Gasteiger partial charge in [0, 0.05) is 22.9 Å². The van der Waals surface area contributed by atoms with Crippen molar-refractivity contribution in [3.8, 4) is 23.0 Å². The molecular weight excluding hydrogens is 404 g/mol. The molecule has 0 aliphatic heterocycles. The van der Waals surface area contributed by atoms with E-state index in [4.69, 9.17) is 25.5 Å². The van der Waals surface area contributed by atoms with Gasteiger partial charge in [-0.2, -0.15) is 0 Å². The van der Waals surface area contributed by atoms with Gasteiger partial charge in [-0.05, 0) is 61.5 Å². The number of methoxy groups -OCH3 is 1. The lowest BCUT2D eigenvalue weighted by molar-refractivity contribution is 0.102. The first kappa shape index (κ1) is 19.8. The van der Waals surface area contributed by atoms with Crippen molar-refractivity contribution in [3.05, 3.63) is 71.2 Å². The smallest absolute Gasteiger partial charge is 0.255 e. The van der Waals surface area contributed by atoms with E-state index in [1.54, 1.807) is 37.4 Å². The molecule has 152 valence electrons. The zero-order valence-corrected chi connectivity index (χ0v) is 17.2. The highest BCUT2D eigenvalue weighted by Gasteiger charge is 2.12. The van der Waals surface area contributed by atoms with Crippen LogP contribution in [0.5, 0.6) is 11.5 Å². The fourth-order valence-corrected chi connectivity index (χ4v) is 3.21. The number of halogens is 1. The molecule has 0 bridgehead atoms. The number of fused-ring (bicyclic) bond motifs is 1. The fourth-order valence-electron chi connectivity index (χ4n) is 2.97. The number of nitrogens with one attached hydrogen (secondary N) is 1. The highest BCUT2D eigenvalue weighted by molar-refractivity contribution is 6.32. The Morgan fingerprint density at radius 3 is 2.60 bits per heavy atom. The molecule has 0 aliphatic rings. The van der Waals surface area contributed by atoms with E-state index in [-0.39, 0.29) is 5.91 Å². The van der Waals surface area contributed by atoms with E-state index in [2.05, 4.69) is 10.3 Å². The quantitative estimate of drug-likeness (QED) is 0.424. The lowest BCUT2D eigenvalue weighted by Crippen LogP contribution is -2.11. The summed E-state index contributed by atoms with van der Waals surface area (Å²) in [6, 6.07) is 17.7. The van der Waals surface area contributed by atoms with Crippen molar-refractivity contribution in [2.45, 2.75) is 6.92 Å². The van der Waals surface area contributed by atoms with Gasteiger partial charge in [-0.3, -0.25) is 4.79 Å². The van der Waals surface area contributed by atoms with E-state index in [1.807, 2.05) is 37.3 Å². The highest BCUT2D eigenvalue weighted by Crippen LogP contribution is 2.28. The lowest BCUT2D eigenvalue weighted by Gasteiger charge is -2.09. The van der Waals surface area contributed by atoms with Crippen LogP contribution >= 0.6 is 11.6 Å². The van der Waals surface area contributed by atoms with Crippen molar-refractivity contribution in [2.24, 2.45) is 0 Å². The molecule has 4 aromatic rings. The normalized spacial score (nSPS) is 10.8. The number of hydrogen-bond donors (Lipinski definition) is 1. The van der Waals surface area contributed by atoms with Gasteiger partial charge in [-0.1, -0.05) is 11.6 Å². The van der Waals surface area contributed by atoms with E-state index < -0.39 is 0 Å². The maximum Gasteiger partial charge on any atom is 0.255 e. The summed E-state index contributed by atoms with van der Waals surface area (Å²) in [6.45, 7) is 2.38. The van der Waals surface area contributed by atoms with Crippen LogP contribution in [0.2, 0.25) is 5.02 Å². The average molecular weight is 423 g/mol. The van der Waals surface area contributed by atoms with Crippen molar-refractivity contribution in [3.63, 3.8) is 0 Å². The summed E-state index contributed by atoms with van der Waals surface area (Å²) < 4.78 is 16.4. The van der Waals surface area contributed by atoms with Gasteiger partial charge < -0.3 is 19.2 Å². The van der Waals surface area contributed by atoms with E-state index in [1.165, 1.54) is 0 Å². The monoisotopic (exact) mass is 422 g/mol. The largest absolute Gasteiger partial charge is 0.497 e. The van der Waals surface area contributed by atoms with Crippen molar-refractivity contribution in [2.75, 3.05) is 19.0 Å². The summed E-state index contributed by atoms with van der Waals surface area (Å²) in [7, 11) is 1.61. The molecule has 0 unspecified atom stereocenters. The maximum absolute atomic E-state index is 12.5. The maximum atomic E-state index is 12.5. The standard InChI is InChI=1S/C23H19ClN2O4/c1-3-29-20-10-6-15(12-18(20)24)22(27)25-16-7-4-14(5-8-16)23-26-19-13-17(28-2)9-11-21(19)30-23/h4-13H,3H2,1-2H3,(H,25,27). The third-order valence-electron chi connectivity index (χ3n) is 4.48. The lowest BCUT2D eigenvalue weighted by atomic mass is 10.1. The SMILES string of the molecule is CCOc1ccc(C(=O)Nc2ccc(-c3nc4cc(OC)ccc4o3)cc2)cc1Cl. The van der Waals surface area contributed by atoms with E-state index >= 15 is 0 Å². The van der Waals surface area contributed by atoms with Gasteiger partial charge in [0.2, 0.25) is 5.89 Å². The summed E-state index contributed by atoms with van der Waals surface area (Å²) in [4.78, 5) is 17.0. The molecule has 3 aromatic carbocycles. The Bertz CT molecular complexity index is 1200. The molecule has 1 heterocycles. The minimum atomic E-state index is -0.262. The van der Waals surface area contributed by atoms with Gasteiger partial charge >= 0.3 is 0 Å². The van der Waals surface area contributed by atoms with Crippen LogP contribution in [0.25, 0.3) is 22.6 Å². The first-order valence-corrected chi connectivity index (χ1v) is 9.74. The Labute approximate surface area is 178 Å². The molecule has 7 heteroatoms. The summed E-state index contributed by atoms with van der Waals surface area (Å²) in [5.74, 6) is 1.50. The average Bonchev–Trinajstić information content (AvgIpc) is 3.19. The second-order valence-electron chi connectivity index (χ2n) is 6.46. The molecule has 30 heavy (non-hydrogen) atoms. The zero-order valence-electron chi connectivity index (χ0n) is 16.4. The number of nitrogens with zero attached hydrogens (tertiary/aromatic N) is 1. The highest BCUT2D eigenvalue weighted by atomic mass is 35.5. The van der Waals surface area contributed by atoms with Crippen LogP contribution in [0.4, 0.5) is 5.69 Å². The predicted octanol–water partition coefficient (Wildman–Crippen LogP) is 5.81.